The van der Waals surface area contributed by atoms with Crippen molar-refractivity contribution in [1.29, 1.82) is 0 Å². The van der Waals surface area contributed by atoms with Crippen LogP contribution in [0.3, 0.4) is 0 Å². The van der Waals surface area contributed by atoms with Crippen LogP contribution in [0.1, 0.15) is 30.6 Å². The molecule has 4 N–H and O–H groups in total. The van der Waals surface area contributed by atoms with Crippen molar-refractivity contribution >= 4 is 5.91 Å². The molecule has 0 aliphatic carbocycles. The minimum absolute atomic E-state index is 0.0321. The molecule has 9 heteroatoms. The zero-order valence-electron chi connectivity index (χ0n) is 15.4. The number of ether oxygens (including phenoxy) is 1. The van der Waals surface area contributed by atoms with Gasteiger partial charge in [-0.15, -0.1) is 0 Å². The summed E-state index contributed by atoms with van der Waals surface area (Å²) in [5.74, 6) is -0.669. The number of hydrogen-bond donors (Lipinski definition) is 3. The highest BCUT2D eigenvalue weighted by Crippen LogP contribution is 2.26. The Bertz CT molecular complexity index is 818. The summed E-state index contributed by atoms with van der Waals surface area (Å²) in [4.78, 5) is 16.1. The summed E-state index contributed by atoms with van der Waals surface area (Å²) < 4.78 is 21.2. The van der Waals surface area contributed by atoms with Gasteiger partial charge in [-0.1, -0.05) is 0 Å². The van der Waals surface area contributed by atoms with Crippen LogP contribution >= 0.6 is 0 Å². The molecule has 0 radical (unpaired) electrons. The summed E-state index contributed by atoms with van der Waals surface area (Å²) in [6.45, 7) is 4.53. The Balaban J connectivity index is 1.84. The molecule has 3 heterocycles. The quantitative estimate of drug-likeness (QED) is 0.689. The maximum Gasteiger partial charge on any atom is 0.254 e. The number of nitrogens with zero attached hydrogens (tertiary/aromatic N) is 3. The number of alkyl halides is 1. The first-order valence-corrected chi connectivity index (χ1v) is 8.79. The third-order valence-electron chi connectivity index (χ3n) is 4.24. The van der Waals surface area contributed by atoms with E-state index in [2.05, 4.69) is 15.4 Å². The second kappa shape index (κ2) is 7.61. The van der Waals surface area contributed by atoms with Gasteiger partial charge in [0, 0.05) is 30.1 Å². The molecule has 1 amide bonds. The number of carbonyl (C=O) groups is 1. The monoisotopic (exact) mass is 377 g/mol. The van der Waals surface area contributed by atoms with Gasteiger partial charge in [-0.3, -0.25) is 9.48 Å². The highest BCUT2D eigenvalue weighted by molar-refractivity contribution is 5.96. The Labute approximate surface area is 156 Å². The fraction of sp³-hybridized carbons (Fsp3) is 0.500. The van der Waals surface area contributed by atoms with Gasteiger partial charge >= 0.3 is 0 Å². The molecule has 1 fully saturated rings. The van der Waals surface area contributed by atoms with Gasteiger partial charge in [0.1, 0.15) is 17.8 Å². The van der Waals surface area contributed by atoms with E-state index < -0.39 is 23.8 Å². The highest BCUT2D eigenvalue weighted by atomic mass is 19.1. The van der Waals surface area contributed by atoms with Gasteiger partial charge in [-0.05, 0) is 32.9 Å². The maximum atomic E-state index is 14.0. The molecular weight excluding hydrogens is 353 g/mol. The summed E-state index contributed by atoms with van der Waals surface area (Å²) >= 11 is 0. The average molecular weight is 377 g/mol. The van der Waals surface area contributed by atoms with Crippen molar-refractivity contribution in [1.82, 2.24) is 20.1 Å². The van der Waals surface area contributed by atoms with Crippen molar-refractivity contribution in [3.05, 3.63) is 30.2 Å². The number of nitrogens with two attached hydrogens (primary N) is 1. The number of piperidine rings is 1. The number of rotatable bonds is 6. The van der Waals surface area contributed by atoms with E-state index in [0.717, 1.165) is 0 Å². The van der Waals surface area contributed by atoms with Crippen LogP contribution in [0.15, 0.2) is 24.7 Å². The van der Waals surface area contributed by atoms with E-state index in [4.69, 9.17) is 10.5 Å². The van der Waals surface area contributed by atoms with E-state index in [0.29, 0.717) is 30.6 Å². The zero-order valence-corrected chi connectivity index (χ0v) is 15.4. The minimum atomic E-state index is -1.18. The smallest absolute Gasteiger partial charge is 0.254 e. The van der Waals surface area contributed by atoms with Crippen LogP contribution in [-0.4, -0.2) is 56.7 Å². The zero-order chi connectivity index (χ0) is 19.6. The fourth-order valence-electron chi connectivity index (χ4n) is 2.95. The van der Waals surface area contributed by atoms with Gasteiger partial charge in [-0.2, -0.15) is 5.10 Å². The molecule has 1 saturated heterocycles. The molecule has 3 rings (SSSR count). The molecule has 2 atom stereocenters. The van der Waals surface area contributed by atoms with Crippen LogP contribution in [-0.2, 0) is 6.54 Å². The number of carbonyl (C=O) groups excluding carboxylic acids is 1. The number of halogens is 1. The van der Waals surface area contributed by atoms with Crippen molar-refractivity contribution in [3.63, 3.8) is 0 Å². The molecule has 2 aromatic rings. The first-order chi connectivity index (χ1) is 12.7. The third kappa shape index (κ3) is 4.81. The van der Waals surface area contributed by atoms with Gasteiger partial charge in [0.2, 0.25) is 5.88 Å². The number of primary amides is 1. The number of aromatic nitrogens is 3. The molecule has 8 nitrogen and oxygen atoms in total. The van der Waals surface area contributed by atoms with Crippen LogP contribution in [0.2, 0.25) is 0 Å². The number of amides is 1. The first kappa shape index (κ1) is 19.2. The molecule has 146 valence electrons. The van der Waals surface area contributed by atoms with Crippen LogP contribution in [0, 0.1) is 0 Å². The molecule has 0 unspecified atom stereocenters. The summed E-state index contributed by atoms with van der Waals surface area (Å²) in [5, 5.41) is 17.0. The summed E-state index contributed by atoms with van der Waals surface area (Å²) in [6.07, 6.45) is 3.51. The Morgan fingerprint density at radius 3 is 2.93 bits per heavy atom. The van der Waals surface area contributed by atoms with Gasteiger partial charge in [0.25, 0.3) is 5.91 Å². The average Bonchev–Trinajstić information content (AvgIpc) is 3.03. The summed E-state index contributed by atoms with van der Waals surface area (Å²) in [5.41, 5.74) is 5.99. The van der Waals surface area contributed by atoms with Crippen molar-refractivity contribution in [2.45, 2.75) is 44.7 Å². The molecule has 27 heavy (non-hydrogen) atoms. The van der Waals surface area contributed by atoms with Crippen molar-refractivity contribution in [2.24, 2.45) is 5.73 Å². The highest BCUT2D eigenvalue weighted by Gasteiger charge is 2.28. The Hall–Kier alpha value is -2.52. The lowest BCUT2D eigenvalue weighted by Gasteiger charge is -2.27. The van der Waals surface area contributed by atoms with E-state index in [9.17, 15) is 14.3 Å². The Kier molecular flexibility index (Phi) is 5.43. The molecule has 0 saturated carbocycles. The second-order valence-corrected chi connectivity index (χ2v) is 7.35. The topological polar surface area (TPSA) is 115 Å². The van der Waals surface area contributed by atoms with Gasteiger partial charge in [-0.25, -0.2) is 9.37 Å². The largest absolute Gasteiger partial charge is 0.471 e. The molecule has 0 spiro atoms. The molecular formula is C18H24FN5O3. The SMILES string of the molecule is CC(C)(O)Cn1cc(-c2cnc(O[C@H]3CCNC[C@H]3F)c(C(N)=O)c2)cn1. The standard InChI is InChI=1S/C18H24FN5O3/c1-18(2,26)10-24-9-12(7-23-24)11-5-13(16(20)25)17(22-6-11)27-15-3-4-21-8-14(15)19/h5-7,9,14-15,21,26H,3-4,8,10H2,1-2H3,(H2,20,25)/t14-,15+/m1/s1. The first-order valence-electron chi connectivity index (χ1n) is 8.79. The minimum Gasteiger partial charge on any atom is -0.471 e. The molecule has 1 aliphatic heterocycles. The summed E-state index contributed by atoms with van der Waals surface area (Å²) in [7, 11) is 0. The molecule has 1 aliphatic rings. The van der Waals surface area contributed by atoms with Gasteiger partial charge in [0.15, 0.2) is 0 Å². The Morgan fingerprint density at radius 1 is 1.48 bits per heavy atom. The van der Waals surface area contributed by atoms with Crippen molar-refractivity contribution in [2.75, 3.05) is 13.1 Å². The third-order valence-corrected chi connectivity index (χ3v) is 4.24. The second-order valence-electron chi connectivity index (χ2n) is 7.35. The predicted octanol–water partition coefficient (Wildman–Crippen LogP) is 0.894. The van der Waals surface area contributed by atoms with Gasteiger partial charge < -0.3 is 20.9 Å². The lowest BCUT2D eigenvalue weighted by molar-refractivity contribution is 0.0577. The van der Waals surface area contributed by atoms with Crippen LogP contribution in [0.5, 0.6) is 5.88 Å². The molecule has 0 aromatic carbocycles. The van der Waals surface area contributed by atoms with E-state index >= 15 is 0 Å². The van der Waals surface area contributed by atoms with E-state index in [-0.39, 0.29) is 18.0 Å². The number of hydrogen-bond acceptors (Lipinski definition) is 6. The van der Waals surface area contributed by atoms with Crippen molar-refractivity contribution < 1.29 is 19.0 Å². The van der Waals surface area contributed by atoms with Crippen LogP contribution in [0.4, 0.5) is 4.39 Å². The lowest BCUT2D eigenvalue weighted by Crippen LogP contribution is -2.44. The van der Waals surface area contributed by atoms with E-state index in [1.807, 2.05) is 0 Å². The van der Waals surface area contributed by atoms with Crippen LogP contribution < -0.4 is 15.8 Å². The van der Waals surface area contributed by atoms with Crippen molar-refractivity contribution in [3.8, 4) is 17.0 Å². The molecule has 0 bridgehead atoms. The summed E-state index contributed by atoms with van der Waals surface area (Å²) in [6, 6.07) is 1.56. The van der Waals surface area contributed by atoms with Gasteiger partial charge in [0.05, 0.1) is 18.3 Å². The number of aliphatic hydroxyl groups is 1. The maximum absolute atomic E-state index is 14.0. The van der Waals surface area contributed by atoms with E-state index in [1.54, 1.807) is 37.0 Å². The number of pyridine rings is 1. The normalized spacial score (nSPS) is 20.4. The predicted molar refractivity (Wildman–Crippen MR) is 97.1 cm³/mol. The lowest BCUT2D eigenvalue weighted by atomic mass is 10.1. The van der Waals surface area contributed by atoms with Crippen LogP contribution in [0.25, 0.3) is 11.1 Å². The molecule has 2 aromatic heterocycles. The fourth-order valence-corrected chi connectivity index (χ4v) is 2.95. The van der Waals surface area contributed by atoms with E-state index in [1.165, 1.54) is 6.20 Å². The number of nitrogens with one attached hydrogen (secondary N) is 1. The Morgan fingerprint density at radius 2 is 2.26 bits per heavy atom.